The van der Waals surface area contributed by atoms with Gasteiger partial charge >= 0.3 is 6.03 Å². The lowest BCUT2D eigenvalue weighted by molar-refractivity contribution is -0.129. The zero-order valence-corrected chi connectivity index (χ0v) is 10.5. The fraction of sp³-hybridized carbons (Fsp3) is 0.286. The van der Waals surface area contributed by atoms with E-state index in [1.54, 1.807) is 13.8 Å². The molecule has 1 aromatic rings. The van der Waals surface area contributed by atoms with Gasteiger partial charge in [-0.15, -0.1) is 0 Å². The molecule has 18 heavy (non-hydrogen) atoms. The maximum absolute atomic E-state index is 11.9. The van der Waals surface area contributed by atoms with Crippen molar-refractivity contribution >= 4 is 18.0 Å². The highest BCUT2D eigenvalue weighted by Gasteiger charge is 2.43. The lowest BCUT2D eigenvalue weighted by Gasteiger charge is -2.14. The Hall–Kier alpha value is -2.10. The number of hydrogen-bond acceptors (Lipinski definition) is 2. The van der Waals surface area contributed by atoms with E-state index in [2.05, 4.69) is 5.32 Å². The lowest BCUT2D eigenvalue weighted by Crippen LogP contribution is -2.40. The summed E-state index contributed by atoms with van der Waals surface area (Å²) in [6.45, 7) is 3.70. The molecule has 0 bridgehead atoms. The minimum atomic E-state index is -0.794. The standard InChI is InChI=1S/C14H16N2O2/c1-14(2)12(17)16(13(18)15-14)10-6-9-11-7-4-3-5-8-11/h3-9H,10H2,1-2H3,(H,15,18). The highest BCUT2D eigenvalue weighted by Crippen LogP contribution is 2.16. The van der Waals surface area contributed by atoms with E-state index in [1.807, 2.05) is 42.5 Å². The van der Waals surface area contributed by atoms with Crippen molar-refractivity contribution in [3.63, 3.8) is 0 Å². The van der Waals surface area contributed by atoms with Gasteiger partial charge in [0.05, 0.1) is 0 Å². The molecule has 4 heteroatoms. The summed E-state index contributed by atoms with van der Waals surface area (Å²) in [7, 11) is 0. The first-order valence-electron chi connectivity index (χ1n) is 5.86. The second-order valence-electron chi connectivity index (χ2n) is 4.78. The molecule has 0 aliphatic carbocycles. The highest BCUT2D eigenvalue weighted by molar-refractivity contribution is 6.06. The minimum absolute atomic E-state index is 0.190. The van der Waals surface area contributed by atoms with Crippen LogP contribution in [0.3, 0.4) is 0 Å². The van der Waals surface area contributed by atoms with Gasteiger partial charge in [-0.1, -0.05) is 42.5 Å². The summed E-state index contributed by atoms with van der Waals surface area (Å²) in [5.41, 5.74) is 0.251. The third-order valence-corrected chi connectivity index (χ3v) is 2.84. The largest absolute Gasteiger partial charge is 0.325 e. The summed E-state index contributed by atoms with van der Waals surface area (Å²) in [6.07, 6.45) is 3.71. The molecule has 1 aromatic carbocycles. The summed E-state index contributed by atoms with van der Waals surface area (Å²) in [5.74, 6) is -0.190. The van der Waals surface area contributed by atoms with Crippen LogP contribution < -0.4 is 5.32 Å². The quantitative estimate of drug-likeness (QED) is 0.827. The van der Waals surface area contributed by atoms with Gasteiger partial charge in [0.15, 0.2) is 0 Å². The maximum Gasteiger partial charge on any atom is 0.325 e. The molecule has 0 unspecified atom stereocenters. The molecule has 3 amide bonds. The van der Waals surface area contributed by atoms with Crippen LogP contribution >= 0.6 is 0 Å². The maximum atomic E-state index is 11.9. The molecule has 1 N–H and O–H groups in total. The average molecular weight is 244 g/mol. The Balaban J connectivity index is 2.01. The summed E-state index contributed by atoms with van der Waals surface area (Å²) in [6, 6.07) is 9.42. The van der Waals surface area contributed by atoms with Gasteiger partial charge in [0.25, 0.3) is 5.91 Å². The van der Waals surface area contributed by atoms with Crippen LogP contribution in [-0.2, 0) is 4.79 Å². The van der Waals surface area contributed by atoms with Gasteiger partial charge in [0, 0.05) is 6.54 Å². The van der Waals surface area contributed by atoms with Crippen molar-refractivity contribution in [2.24, 2.45) is 0 Å². The van der Waals surface area contributed by atoms with E-state index in [0.29, 0.717) is 6.54 Å². The molecule has 4 nitrogen and oxygen atoms in total. The molecule has 0 saturated carbocycles. The number of carbonyl (C=O) groups excluding carboxylic acids is 2. The lowest BCUT2D eigenvalue weighted by atomic mass is 10.1. The Labute approximate surface area is 106 Å². The smallest absolute Gasteiger partial charge is 0.324 e. The molecule has 1 aliphatic rings. The fourth-order valence-corrected chi connectivity index (χ4v) is 1.84. The van der Waals surface area contributed by atoms with Gasteiger partial charge in [-0.25, -0.2) is 4.79 Å². The Kier molecular flexibility index (Phi) is 3.19. The van der Waals surface area contributed by atoms with Gasteiger partial charge in [0.2, 0.25) is 0 Å². The van der Waals surface area contributed by atoms with Crippen LogP contribution in [0.15, 0.2) is 36.4 Å². The summed E-state index contributed by atoms with van der Waals surface area (Å²) < 4.78 is 0. The second kappa shape index (κ2) is 4.64. The molecule has 1 heterocycles. The summed E-state index contributed by atoms with van der Waals surface area (Å²) >= 11 is 0. The first-order valence-corrected chi connectivity index (χ1v) is 5.86. The van der Waals surface area contributed by atoms with Gasteiger partial charge < -0.3 is 5.32 Å². The van der Waals surface area contributed by atoms with Crippen LogP contribution in [0.1, 0.15) is 19.4 Å². The molecule has 2 rings (SSSR count). The van der Waals surface area contributed by atoms with Gasteiger partial charge in [-0.05, 0) is 19.4 Å². The molecular formula is C14H16N2O2. The molecule has 0 aromatic heterocycles. The first-order chi connectivity index (χ1) is 8.50. The Morgan fingerprint density at radius 1 is 1.22 bits per heavy atom. The van der Waals surface area contributed by atoms with Crippen molar-refractivity contribution in [3.8, 4) is 0 Å². The molecule has 1 saturated heterocycles. The zero-order chi connectivity index (χ0) is 13.2. The van der Waals surface area contributed by atoms with Crippen LogP contribution in [0.25, 0.3) is 6.08 Å². The predicted octanol–water partition coefficient (Wildman–Crippen LogP) is 2.03. The Morgan fingerprint density at radius 2 is 1.89 bits per heavy atom. The SMILES string of the molecule is CC1(C)NC(=O)N(CC=Cc2ccccc2)C1=O. The van der Waals surface area contributed by atoms with Crippen LogP contribution in [0, 0.1) is 0 Å². The normalized spacial score (nSPS) is 18.4. The molecular weight excluding hydrogens is 228 g/mol. The van der Waals surface area contributed by atoms with E-state index < -0.39 is 5.54 Å². The van der Waals surface area contributed by atoms with Crippen LogP contribution in [0.5, 0.6) is 0 Å². The molecule has 1 fully saturated rings. The monoisotopic (exact) mass is 244 g/mol. The van der Waals surface area contributed by atoms with Crippen molar-refractivity contribution in [1.29, 1.82) is 0 Å². The average Bonchev–Trinajstić information content (AvgIpc) is 2.52. The molecule has 0 spiro atoms. The van der Waals surface area contributed by atoms with E-state index in [0.717, 1.165) is 5.56 Å². The topological polar surface area (TPSA) is 49.4 Å². The fourth-order valence-electron chi connectivity index (χ4n) is 1.84. The van der Waals surface area contributed by atoms with E-state index in [-0.39, 0.29) is 11.9 Å². The number of nitrogens with zero attached hydrogens (tertiary/aromatic N) is 1. The minimum Gasteiger partial charge on any atom is -0.324 e. The highest BCUT2D eigenvalue weighted by atomic mass is 16.2. The van der Waals surface area contributed by atoms with Crippen molar-refractivity contribution in [1.82, 2.24) is 10.2 Å². The van der Waals surface area contributed by atoms with E-state index >= 15 is 0 Å². The number of imide groups is 1. The molecule has 0 radical (unpaired) electrons. The second-order valence-corrected chi connectivity index (χ2v) is 4.78. The Bertz CT molecular complexity index is 492. The Morgan fingerprint density at radius 3 is 2.44 bits per heavy atom. The predicted molar refractivity (Wildman–Crippen MR) is 69.8 cm³/mol. The number of rotatable bonds is 3. The van der Waals surface area contributed by atoms with E-state index in [1.165, 1.54) is 4.90 Å². The number of amides is 3. The molecule has 0 atom stereocenters. The van der Waals surface area contributed by atoms with Crippen LogP contribution in [0.2, 0.25) is 0 Å². The summed E-state index contributed by atoms with van der Waals surface area (Å²) in [4.78, 5) is 24.7. The first kappa shape index (κ1) is 12.4. The summed E-state index contributed by atoms with van der Waals surface area (Å²) in [5, 5.41) is 2.65. The van der Waals surface area contributed by atoms with E-state index in [9.17, 15) is 9.59 Å². The van der Waals surface area contributed by atoms with Crippen molar-refractivity contribution in [2.75, 3.05) is 6.54 Å². The number of nitrogens with one attached hydrogen (secondary N) is 1. The third-order valence-electron chi connectivity index (χ3n) is 2.84. The third kappa shape index (κ3) is 2.42. The zero-order valence-electron chi connectivity index (χ0n) is 10.5. The van der Waals surface area contributed by atoms with Crippen molar-refractivity contribution in [3.05, 3.63) is 42.0 Å². The van der Waals surface area contributed by atoms with Crippen molar-refractivity contribution in [2.45, 2.75) is 19.4 Å². The van der Waals surface area contributed by atoms with Gasteiger partial charge in [-0.3, -0.25) is 9.69 Å². The van der Waals surface area contributed by atoms with Crippen LogP contribution in [-0.4, -0.2) is 28.9 Å². The van der Waals surface area contributed by atoms with Crippen molar-refractivity contribution < 1.29 is 9.59 Å². The number of benzene rings is 1. The van der Waals surface area contributed by atoms with E-state index in [4.69, 9.17) is 0 Å². The number of hydrogen-bond donors (Lipinski definition) is 1. The van der Waals surface area contributed by atoms with Crippen LogP contribution in [0.4, 0.5) is 4.79 Å². The number of carbonyl (C=O) groups is 2. The van der Waals surface area contributed by atoms with Gasteiger partial charge in [-0.2, -0.15) is 0 Å². The molecule has 1 aliphatic heterocycles. The molecule has 94 valence electrons. The van der Waals surface area contributed by atoms with Gasteiger partial charge in [0.1, 0.15) is 5.54 Å². The number of urea groups is 1.